The van der Waals surface area contributed by atoms with Crippen LogP contribution in [0.2, 0.25) is 0 Å². The van der Waals surface area contributed by atoms with Gasteiger partial charge in [0.1, 0.15) is 5.76 Å². The number of halogens is 1. The van der Waals surface area contributed by atoms with Crippen molar-refractivity contribution in [2.24, 2.45) is 4.99 Å². The van der Waals surface area contributed by atoms with Crippen LogP contribution in [0.15, 0.2) is 33.2 Å². The molecule has 1 aliphatic rings. The first-order valence-corrected chi connectivity index (χ1v) is 10.9. The summed E-state index contributed by atoms with van der Waals surface area (Å²) < 4.78 is 5.69. The van der Waals surface area contributed by atoms with Crippen molar-refractivity contribution >= 4 is 41.3 Å². The maximum absolute atomic E-state index is 5.69. The first-order chi connectivity index (χ1) is 13.3. The Labute approximate surface area is 189 Å². The summed E-state index contributed by atoms with van der Waals surface area (Å²) >= 11 is 1.74. The Hall–Kier alpha value is -1.13. The average Bonchev–Trinajstić information content (AvgIpc) is 3.44. The zero-order valence-corrected chi connectivity index (χ0v) is 20.0. The number of aromatic nitrogens is 1. The van der Waals surface area contributed by atoms with E-state index in [4.69, 9.17) is 9.41 Å². The second-order valence-electron chi connectivity index (χ2n) is 6.76. The zero-order valence-electron chi connectivity index (χ0n) is 16.8. The molecule has 156 valence electrons. The fourth-order valence-corrected chi connectivity index (χ4v) is 4.15. The second kappa shape index (κ2) is 12.4. The number of hydrogen-bond acceptors (Lipinski definition) is 5. The van der Waals surface area contributed by atoms with Gasteiger partial charge in [0.2, 0.25) is 0 Å². The Bertz CT molecular complexity index is 697. The van der Waals surface area contributed by atoms with Crippen molar-refractivity contribution in [3.05, 3.63) is 40.2 Å². The van der Waals surface area contributed by atoms with Gasteiger partial charge in [-0.2, -0.15) is 0 Å². The van der Waals surface area contributed by atoms with Crippen LogP contribution < -0.4 is 10.6 Å². The number of hydrogen-bond donors (Lipinski definition) is 2. The molecule has 1 aliphatic heterocycles. The van der Waals surface area contributed by atoms with Gasteiger partial charge in [0, 0.05) is 24.9 Å². The maximum atomic E-state index is 5.69. The predicted octanol–water partition coefficient (Wildman–Crippen LogP) is 3.85. The van der Waals surface area contributed by atoms with Crippen LogP contribution in [0.1, 0.15) is 49.2 Å². The lowest BCUT2D eigenvalue weighted by Crippen LogP contribution is -2.39. The van der Waals surface area contributed by atoms with Gasteiger partial charge in [0.15, 0.2) is 5.96 Å². The average molecular weight is 517 g/mol. The van der Waals surface area contributed by atoms with Crippen LogP contribution in [0.3, 0.4) is 0 Å². The number of rotatable bonds is 9. The number of aliphatic imine (C=N–C) groups is 1. The van der Waals surface area contributed by atoms with E-state index in [9.17, 15) is 0 Å². The van der Waals surface area contributed by atoms with E-state index in [1.165, 1.54) is 17.8 Å². The van der Waals surface area contributed by atoms with Crippen LogP contribution in [-0.4, -0.2) is 48.6 Å². The first kappa shape index (κ1) is 23.2. The number of likely N-dealkylation sites (tertiary alicyclic amines) is 1. The summed E-state index contributed by atoms with van der Waals surface area (Å²) in [4.78, 5) is 12.0. The third-order valence-electron chi connectivity index (χ3n) is 4.79. The normalized spacial score (nSPS) is 16.0. The summed E-state index contributed by atoms with van der Waals surface area (Å²) in [6.07, 6.45) is 6.19. The standard InChI is InChI=1S/C20H31N5OS.HI/c1-3-19-24-16(15-27-19)9-10-22-20(21-4-2)23-14-17(18-8-7-13-26-18)25-11-5-6-12-25;/h7-8,13,15,17H,3-6,9-12,14H2,1-2H3,(H2,21,22,23);1H. The summed E-state index contributed by atoms with van der Waals surface area (Å²) in [6, 6.07) is 4.24. The van der Waals surface area contributed by atoms with Gasteiger partial charge in [-0.3, -0.25) is 9.89 Å². The minimum atomic E-state index is 0. The van der Waals surface area contributed by atoms with Gasteiger partial charge >= 0.3 is 0 Å². The number of guanidine groups is 1. The number of furan rings is 1. The molecule has 1 saturated heterocycles. The molecule has 1 unspecified atom stereocenters. The third-order valence-corrected chi connectivity index (χ3v) is 5.84. The van der Waals surface area contributed by atoms with Gasteiger partial charge in [-0.1, -0.05) is 6.92 Å². The molecule has 0 bridgehead atoms. The van der Waals surface area contributed by atoms with Crippen molar-refractivity contribution in [3.63, 3.8) is 0 Å². The maximum Gasteiger partial charge on any atom is 0.191 e. The molecule has 8 heteroatoms. The molecule has 3 heterocycles. The van der Waals surface area contributed by atoms with Crippen molar-refractivity contribution in [2.45, 2.75) is 45.6 Å². The summed E-state index contributed by atoms with van der Waals surface area (Å²) in [6.45, 7) is 8.84. The van der Waals surface area contributed by atoms with Crippen LogP contribution in [0, 0.1) is 0 Å². The Morgan fingerprint density at radius 2 is 2.14 bits per heavy atom. The minimum absolute atomic E-state index is 0. The third kappa shape index (κ3) is 6.73. The van der Waals surface area contributed by atoms with E-state index in [1.54, 1.807) is 17.6 Å². The smallest absolute Gasteiger partial charge is 0.191 e. The van der Waals surface area contributed by atoms with Crippen molar-refractivity contribution in [1.82, 2.24) is 20.5 Å². The highest BCUT2D eigenvalue weighted by atomic mass is 127. The molecular formula is C20H32IN5OS. The van der Waals surface area contributed by atoms with E-state index in [1.807, 2.05) is 6.07 Å². The van der Waals surface area contributed by atoms with Gasteiger partial charge in [-0.25, -0.2) is 4.98 Å². The largest absolute Gasteiger partial charge is 0.468 e. The van der Waals surface area contributed by atoms with Crippen LogP contribution in [0.4, 0.5) is 0 Å². The topological polar surface area (TPSA) is 65.7 Å². The molecule has 0 amide bonds. The van der Waals surface area contributed by atoms with E-state index >= 15 is 0 Å². The van der Waals surface area contributed by atoms with Gasteiger partial charge in [0.05, 0.1) is 29.6 Å². The molecule has 0 aliphatic carbocycles. The van der Waals surface area contributed by atoms with Crippen LogP contribution in [-0.2, 0) is 12.8 Å². The predicted molar refractivity (Wildman–Crippen MR) is 127 cm³/mol. The highest BCUT2D eigenvalue weighted by Gasteiger charge is 2.25. The quantitative estimate of drug-likeness (QED) is 0.301. The highest BCUT2D eigenvalue weighted by molar-refractivity contribution is 14.0. The van der Waals surface area contributed by atoms with E-state index in [2.05, 4.69) is 45.8 Å². The Morgan fingerprint density at radius 3 is 2.79 bits per heavy atom. The fourth-order valence-electron chi connectivity index (χ4n) is 3.37. The first-order valence-electron chi connectivity index (χ1n) is 10.0. The Morgan fingerprint density at radius 1 is 1.32 bits per heavy atom. The lowest BCUT2D eigenvalue weighted by Gasteiger charge is -2.24. The van der Waals surface area contributed by atoms with E-state index in [0.717, 1.165) is 56.4 Å². The summed E-state index contributed by atoms with van der Waals surface area (Å²) in [5.74, 6) is 1.87. The molecule has 0 spiro atoms. The Kier molecular flexibility index (Phi) is 10.3. The zero-order chi connectivity index (χ0) is 18.9. The summed E-state index contributed by atoms with van der Waals surface area (Å²) in [5, 5.41) is 10.2. The van der Waals surface area contributed by atoms with Gasteiger partial charge in [0.25, 0.3) is 0 Å². The highest BCUT2D eigenvalue weighted by Crippen LogP contribution is 2.25. The molecule has 6 nitrogen and oxygen atoms in total. The second-order valence-corrected chi connectivity index (χ2v) is 7.70. The lowest BCUT2D eigenvalue weighted by molar-refractivity contribution is 0.221. The van der Waals surface area contributed by atoms with E-state index in [-0.39, 0.29) is 30.0 Å². The molecule has 2 aromatic heterocycles. The number of thiazole rings is 1. The van der Waals surface area contributed by atoms with Crippen LogP contribution in [0.5, 0.6) is 0 Å². The van der Waals surface area contributed by atoms with E-state index in [0.29, 0.717) is 6.54 Å². The van der Waals surface area contributed by atoms with Crippen molar-refractivity contribution in [2.75, 3.05) is 32.7 Å². The molecular weight excluding hydrogens is 485 g/mol. The van der Waals surface area contributed by atoms with Crippen molar-refractivity contribution in [3.8, 4) is 0 Å². The molecule has 1 atom stereocenters. The molecule has 28 heavy (non-hydrogen) atoms. The van der Waals surface area contributed by atoms with Gasteiger partial charge < -0.3 is 15.1 Å². The molecule has 0 radical (unpaired) electrons. The molecule has 2 N–H and O–H groups in total. The van der Waals surface area contributed by atoms with Gasteiger partial charge in [-0.05, 0) is 51.4 Å². The van der Waals surface area contributed by atoms with Gasteiger partial charge in [-0.15, -0.1) is 35.3 Å². The lowest BCUT2D eigenvalue weighted by atomic mass is 10.2. The number of aryl methyl sites for hydroxylation is 1. The number of nitrogens with zero attached hydrogens (tertiary/aromatic N) is 3. The molecule has 0 aromatic carbocycles. The van der Waals surface area contributed by atoms with Crippen LogP contribution >= 0.6 is 35.3 Å². The molecule has 3 rings (SSSR count). The SMILES string of the molecule is CCNC(=NCC(c1ccco1)N1CCCC1)NCCc1csc(CC)n1.I. The fraction of sp³-hybridized carbons (Fsp3) is 0.600. The van der Waals surface area contributed by atoms with Crippen molar-refractivity contribution in [1.29, 1.82) is 0 Å². The monoisotopic (exact) mass is 517 g/mol. The van der Waals surface area contributed by atoms with Crippen LogP contribution in [0.25, 0.3) is 0 Å². The molecule has 0 saturated carbocycles. The summed E-state index contributed by atoms with van der Waals surface area (Å²) in [5.41, 5.74) is 1.16. The Balaban J connectivity index is 0.00000280. The summed E-state index contributed by atoms with van der Waals surface area (Å²) in [7, 11) is 0. The minimum Gasteiger partial charge on any atom is -0.468 e. The molecule has 1 fully saturated rings. The number of nitrogens with one attached hydrogen (secondary N) is 2. The van der Waals surface area contributed by atoms with Crippen molar-refractivity contribution < 1.29 is 4.42 Å². The molecule has 2 aromatic rings. The van der Waals surface area contributed by atoms with E-state index < -0.39 is 0 Å².